The highest BCUT2D eigenvalue weighted by Gasteiger charge is 2.19. The van der Waals surface area contributed by atoms with Gasteiger partial charge in [0.2, 0.25) is 0 Å². The highest BCUT2D eigenvalue weighted by Crippen LogP contribution is 2.40. The summed E-state index contributed by atoms with van der Waals surface area (Å²) in [6.45, 7) is 0. The van der Waals surface area contributed by atoms with Crippen molar-refractivity contribution in [3.8, 4) is 16.8 Å². The van der Waals surface area contributed by atoms with E-state index in [2.05, 4.69) is 138 Å². The van der Waals surface area contributed by atoms with Gasteiger partial charge in [-0.2, -0.15) is 0 Å². The summed E-state index contributed by atoms with van der Waals surface area (Å²) in [5, 5.41) is 9.80. The molecule has 0 amide bonds. The Morgan fingerprint density at radius 2 is 1.12 bits per heavy atom. The number of hydrogen-bond acceptors (Lipinski definition) is 1. The Morgan fingerprint density at radius 3 is 2.05 bits per heavy atom. The van der Waals surface area contributed by atoms with Crippen molar-refractivity contribution in [1.82, 2.24) is 4.57 Å². The van der Waals surface area contributed by atoms with E-state index < -0.39 is 0 Å². The van der Waals surface area contributed by atoms with Crippen LogP contribution in [0.2, 0.25) is 0 Å². The van der Waals surface area contributed by atoms with E-state index in [-0.39, 0.29) is 0 Å². The molecule has 0 N–H and O–H groups in total. The summed E-state index contributed by atoms with van der Waals surface area (Å²) >= 11 is 0. The number of hydrogen-bond donors (Lipinski definition) is 0. The minimum absolute atomic E-state index is 0.916. The van der Waals surface area contributed by atoms with E-state index in [1.165, 1.54) is 49.0 Å². The van der Waals surface area contributed by atoms with Crippen LogP contribution in [0.4, 0.5) is 0 Å². The van der Waals surface area contributed by atoms with E-state index in [0.717, 1.165) is 33.1 Å². The van der Waals surface area contributed by atoms with Crippen LogP contribution in [0.3, 0.4) is 0 Å². The molecule has 0 unspecified atom stereocenters. The fourth-order valence-electron chi connectivity index (χ4n) is 6.51. The number of furan rings is 1. The van der Waals surface area contributed by atoms with Gasteiger partial charge in [-0.3, -0.25) is 0 Å². The van der Waals surface area contributed by atoms with Gasteiger partial charge < -0.3 is 8.98 Å². The standard InChI is InChI=1S/C38H23NO/c1-2-11-29-24(8-1)16-17-25-18-19-27(23-34(25)29)26-9-7-10-28(22-26)39-35-14-5-3-12-30(35)32-20-21-33-31-13-4-6-15-36(31)40-38(33)37(32)39/h1-23H. The van der Waals surface area contributed by atoms with Crippen molar-refractivity contribution in [1.29, 1.82) is 0 Å². The van der Waals surface area contributed by atoms with E-state index in [1.54, 1.807) is 0 Å². The van der Waals surface area contributed by atoms with Crippen molar-refractivity contribution in [2.45, 2.75) is 0 Å². The number of nitrogens with zero attached hydrogens (tertiary/aromatic N) is 1. The van der Waals surface area contributed by atoms with Gasteiger partial charge >= 0.3 is 0 Å². The first-order chi connectivity index (χ1) is 19.8. The minimum Gasteiger partial charge on any atom is -0.454 e. The summed E-state index contributed by atoms with van der Waals surface area (Å²) in [4.78, 5) is 0. The molecule has 0 bridgehead atoms. The third kappa shape index (κ3) is 2.99. The summed E-state index contributed by atoms with van der Waals surface area (Å²) in [5.41, 5.74) is 7.64. The average Bonchev–Trinajstić information content (AvgIpc) is 3.57. The second-order valence-electron chi connectivity index (χ2n) is 10.6. The van der Waals surface area contributed by atoms with Crippen LogP contribution in [0.1, 0.15) is 0 Å². The summed E-state index contributed by atoms with van der Waals surface area (Å²) in [6.07, 6.45) is 0. The fraction of sp³-hybridized carbons (Fsp3) is 0. The first-order valence-corrected chi connectivity index (χ1v) is 13.7. The van der Waals surface area contributed by atoms with Crippen molar-refractivity contribution in [2.24, 2.45) is 0 Å². The first-order valence-electron chi connectivity index (χ1n) is 13.7. The molecule has 0 saturated heterocycles. The summed E-state index contributed by atoms with van der Waals surface area (Å²) < 4.78 is 8.91. The lowest BCUT2D eigenvalue weighted by molar-refractivity contribution is 0.671. The number of para-hydroxylation sites is 2. The minimum atomic E-state index is 0.916. The molecule has 0 aliphatic carbocycles. The van der Waals surface area contributed by atoms with E-state index in [9.17, 15) is 0 Å². The molecule has 2 aromatic heterocycles. The van der Waals surface area contributed by atoms with Crippen molar-refractivity contribution in [2.75, 3.05) is 0 Å². The Kier molecular flexibility index (Phi) is 4.36. The van der Waals surface area contributed by atoms with E-state index in [0.29, 0.717) is 0 Å². The molecule has 186 valence electrons. The molecule has 2 heteroatoms. The Morgan fingerprint density at radius 1 is 0.425 bits per heavy atom. The SMILES string of the molecule is c1cc(-c2ccc3ccc4ccccc4c3c2)cc(-n2c3ccccc3c3ccc4c5ccccc5oc4c32)c1. The van der Waals surface area contributed by atoms with E-state index in [1.807, 2.05) is 6.07 Å². The van der Waals surface area contributed by atoms with Crippen LogP contribution in [0.15, 0.2) is 144 Å². The van der Waals surface area contributed by atoms with Gasteiger partial charge in [0.25, 0.3) is 0 Å². The van der Waals surface area contributed by atoms with Crippen molar-refractivity contribution in [3.05, 3.63) is 140 Å². The molecular formula is C38H23NO. The second-order valence-corrected chi connectivity index (χ2v) is 10.6. The van der Waals surface area contributed by atoms with Crippen LogP contribution in [0, 0.1) is 0 Å². The molecule has 0 atom stereocenters. The molecule has 9 aromatic rings. The smallest absolute Gasteiger partial charge is 0.160 e. The van der Waals surface area contributed by atoms with Gasteiger partial charge in [-0.25, -0.2) is 0 Å². The zero-order valence-electron chi connectivity index (χ0n) is 21.6. The van der Waals surface area contributed by atoms with Gasteiger partial charge in [-0.15, -0.1) is 0 Å². The predicted octanol–water partition coefficient (Wildman–Crippen LogP) is 10.7. The zero-order chi connectivity index (χ0) is 26.2. The molecule has 0 aliphatic rings. The van der Waals surface area contributed by atoms with Gasteiger partial charge in [0.15, 0.2) is 5.58 Å². The lowest BCUT2D eigenvalue weighted by Gasteiger charge is -2.12. The van der Waals surface area contributed by atoms with Crippen molar-refractivity contribution in [3.63, 3.8) is 0 Å². The van der Waals surface area contributed by atoms with E-state index in [4.69, 9.17) is 4.42 Å². The van der Waals surface area contributed by atoms with Crippen LogP contribution in [0.5, 0.6) is 0 Å². The third-order valence-corrected chi connectivity index (χ3v) is 8.36. The molecule has 0 spiro atoms. The molecule has 2 heterocycles. The zero-order valence-corrected chi connectivity index (χ0v) is 21.6. The molecule has 40 heavy (non-hydrogen) atoms. The van der Waals surface area contributed by atoms with Crippen molar-refractivity contribution < 1.29 is 4.42 Å². The third-order valence-electron chi connectivity index (χ3n) is 8.36. The Labute approximate surface area is 230 Å². The highest BCUT2D eigenvalue weighted by atomic mass is 16.3. The topological polar surface area (TPSA) is 18.1 Å². The lowest BCUT2D eigenvalue weighted by atomic mass is 9.97. The molecule has 9 rings (SSSR count). The van der Waals surface area contributed by atoms with Crippen LogP contribution in [-0.2, 0) is 0 Å². The van der Waals surface area contributed by atoms with Crippen LogP contribution in [0.25, 0.3) is 82.1 Å². The van der Waals surface area contributed by atoms with Crippen LogP contribution >= 0.6 is 0 Å². The van der Waals surface area contributed by atoms with Gasteiger partial charge in [-0.05, 0) is 69.1 Å². The molecular weight excluding hydrogens is 486 g/mol. The first kappa shape index (κ1) is 21.6. The average molecular weight is 510 g/mol. The number of fused-ring (bicyclic) bond motifs is 10. The maximum Gasteiger partial charge on any atom is 0.160 e. The summed E-state index contributed by atoms with van der Waals surface area (Å²) in [6, 6.07) is 50.1. The number of benzene rings is 7. The maximum absolute atomic E-state index is 6.54. The molecule has 2 nitrogen and oxygen atoms in total. The monoisotopic (exact) mass is 509 g/mol. The molecule has 0 aliphatic heterocycles. The Hall–Kier alpha value is -5.34. The molecule has 0 fully saturated rings. The summed E-state index contributed by atoms with van der Waals surface area (Å²) in [7, 11) is 0. The molecule has 0 saturated carbocycles. The number of rotatable bonds is 2. The largest absolute Gasteiger partial charge is 0.454 e. The summed E-state index contributed by atoms with van der Waals surface area (Å²) in [5.74, 6) is 0. The van der Waals surface area contributed by atoms with Gasteiger partial charge in [0, 0.05) is 27.2 Å². The normalized spacial score (nSPS) is 12.0. The quantitative estimate of drug-likeness (QED) is 0.212. The maximum atomic E-state index is 6.54. The van der Waals surface area contributed by atoms with Crippen molar-refractivity contribution >= 4 is 65.3 Å². The highest BCUT2D eigenvalue weighted by molar-refractivity contribution is 6.21. The van der Waals surface area contributed by atoms with Gasteiger partial charge in [0.05, 0.1) is 11.0 Å². The van der Waals surface area contributed by atoms with Gasteiger partial charge in [0.1, 0.15) is 5.58 Å². The fourth-order valence-corrected chi connectivity index (χ4v) is 6.51. The van der Waals surface area contributed by atoms with Crippen LogP contribution < -0.4 is 0 Å². The molecule has 0 radical (unpaired) electrons. The number of aromatic nitrogens is 1. The van der Waals surface area contributed by atoms with Gasteiger partial charge in [-0.1, -0.05) is 103 Å². The predicted molar refractivity (Wildman–Crippen MR) is 169 cm³/mol. The second kappa shape index (κ2) is 8.08. The van der Waals surface area contributed by atoms with Crippen LogP contribution in [-0.4, -0.2) is 4.57 Å². The Bertz CT molecular complexity index is 2440. The molecule has 7 aromatic carbocycles. The Balaban J connectivity index is 1.33. The lowest BCUT2D eigenvalue weighted by Crippen LogP contribution is -1.94. The van der Waals surface area contributed by atoms with E-state index >= 15 is 0 Å².